The number of rotatable bonds is 5. The predicted octanol–water partition coefficient (Wildman–Crippen LogP) is 5.38. The number of hydrogen-bond acceptors (Lipinski definition) is 5. The number of anilines is 1. The highest BCUT2D eigenvalue weighted by molar-refractivity contribution is 6.06. The van der Waals surface area contributed by atoms with Gasteiger partial charge in [-0.05, 0) is 60.3 Å². The number of benzene rings is 2. The van der Waals surface area contributed by atoms with E-state index in [1.807, 2.05) is 73.3 Å². The molecule has 1 N–H and O–H groups in total. The summed E-state index contributed by atoms with van der Waals surface area (Å²) in [6.45, 7) is 1.93. The molecule has 33 heavy (non-hydrogen) atoms. The molecule has 0 aliphatic rings. The van der Waals surface area contributed by atoms with Crippen molar-refractivity contribution in [3.63, 3.8) is 0 Å². The number of carbonyl (C=O) groups excluding carboxylic acids is 1. The van der Waals surface area contributed by atoms with E-state index in [1.54, 1.807) is 30.7 Å². The zero-order valence-electron chi connectivity index (χ0n) is 18.2. The topological polar surface area (TPSA) is 81.9 Å². The average molecular weight is 435 g/mol. The van der Waals surface area contributed by atoms with E-state index in [0.29, 0.717) is 22.7 Å². The van der Waals surface area contributed by atoms with Crippen molar-refractivity contribution in [3.8, 4) is 23.0 Å². The smallest absolute Gasteiger partial charge is 0.322 e. The van der Waals surface area contributed by atoms with Crippen LogP contribution in [-0.4, -0.2) is 25.4 Å². The number of aryl methyl sites for hydroxylation is 2. The van der Waals surface area contributed by atoms with Gasteiger partial charge in [0.05, 0.1) is 5.69 Å². The number of pyridine rings is 1. The van der Waals surface area contributed by atoms with E-state index in [1.165, 1.54) is 0 Å². The van der Waals surface area contributed by atoms with Crippen LogP contribution in [0.15, 0.2) is 85.5 Å². The van der Waals surface area contributed by atoms with Gasteiger partial charge in [0.25, 0.3) is 5.91 Å². The van der Waals surface area contributed by atoms with Gasteiger partial charge in [-0.2, -0.15) is 4.98 Å². The molecule has 0 fully saturated rings. The van der Waals surface area contributed by atoms with Crippen LogP contribution in [-0.2, 0) is 7.05 Å². The van der Waals surface area contributed by atoms with E-state index in [-0.39, 0.29) is 11.9 Å². The molecular weight excluding hydrogens is 414 g/mol. The van der Waals surface area contributed by atoms with Gasteiger partial charge in [0.1, 0.15) is 5.75 Å². The highest BCUT2D eigenvalue weighted by Gasteiger charge is 2.12. The molecule has 3 aromatic heterocycles. The van der Waals surface area contributed by atoms with Gasteiger partial charge < -0.3 is 14.6 Å². The first-order valence-corrected chi connectivity index (χ1v) is 10.5. The maximum atomic E-state index is 12.9. The molecule has 0 bridgehead atoms. The molecule has 5 aromatic rings. The summed E-state index contributed by atoms with van der Waals surface area (Å²) in [5.74, 6) is 0.372. The number of ether oxygens (including phenoxy) is 1. The van der Waals surface area contributed by atoms with Gasteiger partial charge in [0.15, 0.2) is 0 Å². The van der Waals surface area contributed by atoms with Gasteiger partial charge in [-0.15, -0.1) is 0 Å². The van der Waals surface area contributed by atoms with Crippen LogP contribution >= 0.6 is 0 Å². The lowest BCUT2D eigenvalue weighted by Crippen LogP contribution is -2.12. The third-order valence-corrected chi connectivity index (χ3v) is 5.39. The molecule has 0 aliphatic heterocycles. The van der Waals surface area contributed by atoms with Crippen LogP contribution in [0.1, 0.15) is 15.9 Å². The molecule has 0 radical (unpaired) electrons. The number of amides is 1. The Balaban J connectivity index is 1.37. The van der Waals surface area contributed by atoms with Crippen molar-refractivity contribution in [2.75, 3.05) is 5.32 Å². The summed E-state index contributed by atoms with van der Waals surface area (Å²) < 4.78 is 7.95. The second-order valence-electron chi connectivity index (χ2n) is 7.70. The summed E-state index contributed by atoms with van der Waals surface area (Å²) in [6, 6.07) is 19.0. The highest BCUT2D eigenvalue weighted by atomic mass is 16.5. The van der Waals surface area contributed by atoms with E-state index in [2.05, 4.69) is 20.3 Å². The molecule has 0 atom stereocenters. The molecule has 7 heteroatoms. The number of carbonyl (C=O) groups is 1. The Bertz CT molecular complexity index is 1460. The van der Waals surface area contributed by atoms with E-state index in [4.69, 9.17) is 4.74 Å². The van der Waals surface area contributed by atoms with E-state index < -0.39 is 0 Å². The Labute approximate surface area is 190 Å². The molecule has 0 saturated heterocycles. The normalized spacial score (nSPS) is 10.8. The molecule has 2 aromatic carbocycles. The monoisotopic (exact) mass is 435 g/mol. The Morgan fingerprint density at radius 1 is 1.03 bits per heavy atom. The van der Waals surface area contributed by atoms with E-state index >= 15 is 0 Å². The van der Waals surface area contributed by atoms with Crippen molar-refractivity contribution in [2.24, 2.45) is 7.05 Å². The Morgan fingerprint density at radius 2 is 1.94 bits per heavy atom. The standard InChI is InChI=1S/C26H21N5O2/c1-17-5-8-21(29-25(32)19-7-6-18-10-13-31(2)23(18)14-19)15-24(17)33-26-28-12-9-22(30-26)20-4-3-11-27-16-20/h3-16H,1-2H3,(H,29,32). The average Bonchev–Trinajstić information content (AvgIpc) is 3.22. The fourth-order valence-electron chi connectivity index (χ4n) is 3.56. The SMILES string of the molecule is Cc1ccc(NC(=O)c2ccc3ccn(C)c3c2)cc1Oc1nccc(-c2cccnc2)n1. The van der Waals surface area contributed by atoms with Crippen molar-refractivity contribution < 1.29 is 9.53 Å². The van der Waals surface area contributed by atoms with Gasteiger partial charge in [-0.1, -0.05) is 12.1 Å². The van der Waals surface area contributed by atoms with E-state index in [0.717, 1.165) is 22.0 Å². The third kappa shape index (κ3) is 4.29. The molecule has 5 rings (SSSR count). The lowest BCUT2D eigenvalue weighted by molar-refractivity contribution is 0.102. The maximum Gasteiger partial charge on any atom is 0.322 e. The number of aromatic nitrogens is 4. The van der Waals surface area contributed by atoms with Crippen molar-refractivity contribution in [1.29, 1.82) is 0 Å². The molecule has 7 nitrogen and oxygen atoms in total. The molecule has 1 amide bonds. The zero-order chi connectivity index (χ0) is 22.8. The maximum absolute atomic E-state index is 12.9. The molecule has 0 aliphatic carbocycles. The summed E-state index contributed by atoms with van der Waals surface area (Å²) in [6.07, 6.45) is 7.07. The first-order chi connectivity index (χ1) is 16.1. The lowest BCUT2D eigenvalue weighted by Gasteiger charge is -2.11. The van der Waals surface area contributed by atoms with Crippen LogP contribution < -0.4 is 10.1 Å². The summed E-state index contributed by atoms with van der Waals surface area (Å²) in [7, 11) is 1.96. The molecule has 162 valence electrons. The minimum absolute atomic E-state index is 0.192. The number of nitrogens with one attached hydrogen (secondary N) is 1. The third-order valence-electron chi connectivity index (χ3n) is 5.39. The van der Waals surface area contributed by atoms with Crippen LogP contribution in [0.3, 0.4) is 0 Å². The van der Waals surface area contributed by atoms with Gasteiger partial charge >= 0.3 is 6.01 Å². The van der Waals surface area contributed by atoms with Crippen LogP contribution in [0.5, 0.6) is 11.8 Å². The second-order valence-corrected chi connectivity index (χ2v) is 7.70. The Morgan fingerprint density at radius 3 is 2.79 bits per heavy atom. The van der Waals surface area contributed by atoms with Gasteiger partial charge in [0, 0.05) is 60.2 Å². The second kappa shape index (κ2) is 8.55. The number of fused-ring (bicyclic) bond motifs is 1. The van der Waals surface area contributed by atoms with Crippen LogP contribution in [0.25, 0.3) is 22.2 Å². The molecule has 0 unspecified atom stereocenters. The summed E-state index contributed by atoms with van der Waals surface area (Å²) in [4.78, 5) is 25.7. The highest BCUT2D eigenvalue weighted by Crippen LogP contribution is 2.28. The first kappa shape index (κ1) is 20.4. The molecule has 3 heterocycles. The van der Waals surface area contributed by atoms with Gasteiger partial charge in [-0.25, -0.2) is 4.98 Å². The zero-order valence-corrected chi connectivity index (χ0v) is 18.2. The van der Waals surface area contributed by atoms with E-state index in [9.17, 15) is 4.79 Å². The largest absolute Gasteiger partial charge is 0.424 e. The minimum Gasteiger partial charge on any atom is -0.424 e. The van der Waals surface area contributed by atoms with Crippen molar-refractivity contribution in [3.05, 3.63) is 96.6 Å². The summed E-state index contributed by atoms with van der Waals surface area (Å²) in [5.41, 5.74) is 4.69. The van der Waals surface area contributed by atoms with Crippen LogP contribution in [0.4, 0.5) is 5.69 Å². The molecule has 0 spiro atoms. The fraction of sp³-hybridized carbons (Fsp3) is 0.0769. The first-order valence-electron chi connectivity index (χ1n) is 10.5. The van der Waals surface area contributed by atoms with Crippen molar-refractivity contribution >= 4 is 22.5 Å². The fourth-order valence-corrected chi connectivity index (χ4v) is 3.56. The Kier molecular flexibility index (Phi) is 5.28. The number of nitrogens with zero attached hydrogens (tertiary/aromatic N) is 4. The molecule has 0 saturated carbocycles. The van der Waals surface area contributed by atoms with Gasteiger partial charge in [0.2, 0.25) is 0 Å². The summed E-state index contributed by atoms with van der Waals surface area (Å²) >= 11 is 0. The van der Waals surface area contributed by atoms with Gasteiger partial charge in [-0.3, -0.25) is 9.78 Å². The predicted molar refractivity (Wildman–Crippen MR) is 127 cm³/mol. The van der Waals surface area contributed by atoms with Crippen molar-refractivity contribution in [2.45, 2.75) is 6.92 Å². The number of hydrogen-bond donors (Lipinski definition) is 1. The minimum atomic E-state index is -0.192. The van der Waals surface area contributed by atoms with Crippen LogP contribution in [0, 0.1) is 6.92 Å². The quantitative estimate of drug-likeness (QED) is 0.401. The molecular formula is C26H21N5O2. The summed E-state index contributed by atoms with van der Waals surface area (Å²) in [5, 5.41) is 4.04. The van der Waals surface area contributed by atoms with Crippen molar-refractivity contribution in [1.82, 2.24) is 19.5 Å². The Hall–Kier alpha value is -4.52. The lowest BCUT2D eigenvalue weighted by atomic mass is 10.1. The van der Waals surface area contributed by atoms with Crippen LogP contribution in [0.2, 0.25) is 0 Å².